The second-order valence-corrected chi connectivity index (χ2v) is 10.1. The van der Waals surface area contributed by atoms with Crippen LogP contribution in [-0.2, 0) is 29.0 Å². The number of ether oxygens (including phenoxy) is 2. The molecule has 0 unspecified atom stereocenters. The number of carboxylic acids is 3. The Kier molecular flexibility index (Phi) is 9.98. The van der Waals surface area contributed by atoms with Crippen molar-refractivity contribution in [3.63, 3.8) is 0 Å². The van der Waals surface area contributed by atoms with E-state index in [0.717, 1.165) is 4.90 Å². The molecule has 1 aliphatic heterocycles. The number of carboxylic acid groups (broad SMARTS) is 3. The summed E-state index contributed by atoms with van der Waals surface area (Å²) in [6.07, 6.45) is 0.241. The number of benzene rings is 3. The molecule has 0 radical (unpaired) electrons. The molecule has 0 saturated carbocycles. The third-order valence-electron chi connectivity index (χ3n) is 6.83. The van der Waals surface area contributed by atoms with E-state index in [-0.39, 0.29) is 65.7 Å². The van der Waals surface area contributed by atoms with Crippen LogP contribution in [0.3, 0.4) is 0 Å². The molecular weight excluding hydrogens is 588 g/mol. The number of carbonyl (C=O) groups excluding carboxylic acids is 2. The predicted molar refractivity (Wildman–Crippen MR) is 159 cm³/mol. The Morgan fingerprint density at radius 2 is 1.78 bits per heavy atom. The fraction of sp³-hybridized carbons (Fsp3) is 0.226. The Labute approximate surface area is 256 Å². The van der Waals surface area contributed by atoms with Crippen LogP contribution in [0.15, 0.2) is 54.6 Å². The summed E-state index contributed by atoms with van der Waals surface area (Å²) in [5.74, 6) is -5.86. The van der Waals surface area contributed by atoms with Gasteiger partial charge in [-0.2, -0.15) is 0 Å². The van der Waals surface area contributed by atoms with Crippen LogP contribution in [0.25, 0.3) is 0 Å². The molecule has 234 valence electrons. The summed E-state index contributed by atoms with van der Waals surface area (Å²) in [5.41, 5.74) is 7.08. The largest absolute Gasteiger partial charge is 0.489 e. The Morgan fingerprint density at radius 1 is 1.00 bits per heavy atom. The van der Waals surface area contributed by atoms with Gasteiger partial charge in [-0.25, -0.2) is 9.59 Å². The van der Waals surface area contributed by atoms with Crippen molar-refractivity contribution in [1.82, 2.24) is 4.90 Å². The van der Waals surface area contributed by atoms with Crippen molar-refractivity contribution in [2.75, 3.05) is 18.5 Å². The van der Waals surface area contributed by atoms with Gasteiger partial charge in [0.2, 0.25) is 0 Å². The van der Waals surface area contributed by atoms with Gasteiger partial charge in [0.25, 0.3) is 5.91 Å². The molecule has 3 aromatic rings. The lowest BCUT2D eigenvalue weighted by atomic mass is 9.98. The number of fused-ring (bicyclic) bond motifs is 2. The van der Waals surface area contributed by atoms with Gasteiger partial charge in [-0.15, -0.1) is 0 Å². The summed E-state index contributed by atoms with van der Waals surface area (Å²) in [5, 5.41) is 38.5. The van der Waals surface area contributed by atoms with Gasteiger partial charge >= 0.3 is 23.9 Å². The first-order valence-electron chi connectivity index (χ1n) is 13.7. The number of aromatic carboxylic acids is 1. The first-order chi connectivity index (χ1) is 21.4. The molecule has 45 heavy (non-hydrogen) atoms. The fourth-order valence-electron chi connectivity index (χ4n) is 4.88. The van der Waals surface area contributed by atoms with Gasteiger partial charge in [0.1, 0.15) is 6.54 Å². The number of guanidine groups is 1. The van der Waals surface area contributed by atoms with Crippen LogP contribution in [0.1, 0.15) is 60.6 Å². The highest BCUT2D eigenvalue weighted by Crippen LogP contribution is 2.37. The average Bonchev–Trinajstić information content (AvgIpc) is 2.97. The topological polar surface area (TPSA) is 230 Å². The first-order valence-corrected chi connectivity index (χ1v) is 13.7. The van der Waals surface area contributed by atoms with Gasteiger partial charge in [0, 0.05) is 18.7 Å². The van der Waals surface area contributed by atoms with Crippen molar-refractivity contribution in [2.24, 2.45) is 5.73 Å². The van der Waals surface area contributed by atoms with E-state index in [1.165, 1.54) is 42.5 Å². The van der Waals surface area contributed by atoms with E-state index in [4.69, 9.17) is 20.6 Å². The summed E-state index contributed by atoms with van der Waals surface area (Å²) < 4.78 is 11.7. The molecule has 7 N–H and O–H groups in total. The summed E-state index contributed by atoms with van der Waals surface area (Å²) in [4.78, 5) is 63.2. The maximum absolute atomic E-state index is 14.1. The van der Waals surface area contributed by atoms with Gasteiger partial charge in [-0.05, 0) is 72.4 Å². The molecule has 0 saturated heterocycles. The maximum atomic E-state index is 14.1. The molecule has 1 amide bonds. The van der Waals surface area contributed by atoms with E-state index >= 15 is 0 Å². The lowest BCUT2D eigenvalue weighted by Gasteiger charge is -2.25. The summed E-state index contributed by atoms with van der Waals surface area (Å²) >= 11 is 0. The molecule has 0 bridgehead atoms. The van der Waals surface area contributed by atoms with Gasteiger partial charge in [-0.1, -0.05) is 18.2 Å². The van der Waals surface area contributed by atoms with Crippen molar-refractivity contribution in [2.45, 2.75) is 32.2 Å². The minimum Gasteiger partial charge on any atom is -0.489 e. The molecule has 0 spiro atoms. The van der Waals surface area contributed by atoms with Crippen molar-refractivity contribution >= 4 is 41.4 Å². The van der Waals surface area contributed by atoms with E-state index in [2.05, 4.69) is 5.32 Å². The summed E-state index contributed by atoms with van der Waals surface area (Å²) in [6, 6.07) is 13.2. The van der Waals surface area contributed by atoms with Gasteiger partial charge in [0.05, 0.1) is 23.3 Å². The highest BCUT2D eigenvalue weighted by molar-refractivity contribution is 6.02. The van der Waals surface area contributed by atoms with Crippen molar-refractivity contribution in [3.05, 3.63) is 88.0 Å². The minimum absolute atomic E-state index is 0.0383. The predicted octanol–water partition coefficient (Wildman–Crippen LogP) is 2.98. The molecule has 1 aliphatic rings. The van der Waals surface area contributed by atoms with Crippen LogP contribution in [0.2, 0.25) is 0 Å². The molecule has 0 aromatic heterocycles. The molecule has 3 aromatic carbocycles. The Hall–Kier alpha value is -5.92. The molecule has 0 fully saturated rings. The molecule has 1 heterocycles. The quantitative estimate of drug-likeness (QED) is 0.0834. The highest BCUT2D eigenvalue weighted by Gasteiger charge is 2.30. The minimum atomic E-state index is -1.35. The van der Waals surface area contributed by atoms with Crippen LogP contribution in [0.4, 0.5) is 5.69 Å². The van der Waals surface area contributed by atoms with Gasteiger partial charge < -0.3 is 40.7 Å². The Bertz CT molecular complexity index is 1690. The van der Waals surface area contributed by atoms with Crippen LogP contribution in [0.5, 0.6) is 11.5 Å². The van der Waals surface area contributed by atoms with Gasteiger partial charge in [-0.3, -0.25) is 19.8 Å². The molecule has 4 rings (SSSR count). The third-order valence-corrected chi connectivity index (χ3v) is 6.83. The SMILES string of the molecule is N=C(N)Nc1ccc2c(c1)CCCOc1c(ccc(CCC(=O)O)c1C(=O)N(CC(=O)O)Cc1cccc(C(=O)O)c1)OC2=O. The number of rotatable bonds is 10. The number of aryl methyl sites for hydroxylation is 2. The number of esters is 1. The highest BCUT2D eigenvalue weighted by atomic mass is 16.6. The van der Waals surface area contributed by atoms with E-state index < -0.39 is 36.3 Å². The number of hydrogen-bond acceptors (Lipinski definition) is 8. The maximum Gasteiger partial charge on any atom is 0.343 e. The lowest BCUT2D eigenvalue weighted by molar-refractivity contribution is -0.138. The summed E-state index contributed by atoms with van der Waals surface area (Å²) in [6.45, 7) is -1.03. The zero-order valence-electron chi connectivity index (χ0n) is 23.9. The zero-order chi connectivity index (χ0) is 32.7. The standard InChI is InChI=1S/C31H30N4O10/c32-31(33)34-21-8-9-22-19(14-21)5-2-12-44-27-23(45-30(22)43)10-6-18(7-11-24(36)37)26(27)28(40)35(16-25(38)39)15-17-3-1-4-20(13-17)29(41)42/h1,3-4,6,8-10,13-14H,2,5,7,11-12,15-16H2,(H,36,37)(H,38,39)(H,41,42)(H4,32,33,34). The zero-order valence-corrected chi connectivity index (χ0v) is 23.9. The number of aliphatic carboxylic acids is 2. The van der Waals surface area contributed by atoms with Crippen LogP contribution in [-0.4, -0.2) is 69.1 Å². The van der Waals surface area contributed by atoms with Crippen LogP contribution >= 0.6 is 0 Å². The number of nitrogens with one attached hydrogen (secondary N) is 2. The third kappa shape index (κ3) is 8.13. The number of carbonyl (C=O) groups is 5. The van der Waals surface area contributed by atoms with E-state index in [0.29, 0.717) is 29.7 Å². The fourth-order valence-corrected chi connectivity index (χ4v) is 4.88. The van der Waals surface area contributed by atoms with Crippen molar-refractivity contribution in [3.8, 4) is 11.5 Å². The normalized spacial score (nSPS) is 12.4. The van der Waals surface area contributed by atoms with E-state index in [1.54, 1.807) is 12.1 Å². The molecular formula is C31H30N4O10. The van der Waals surface area contributed by atoms with E-state index in [1.807, 2.05) is 0 Å². The Morgan fingerprint density at radius 3 is 2.47 bits per heavy atom. The molecule has 0 aliphatic carbocycles. The molecule has 14 heteroatoms. The van der Waals surface area contributed by atoms with Crippen molar-refractivity contribution in [1.29, 1.82) is 5.41 Å². The smallest absolute Gasteiger partial charge is 0.343 e. The first kappa shape index (κ1) is 32.0. The molecule has 14 nitrogen and oxygen atoms in total. The number of nitrogens with zero attached hydrogens (tertiary/aromatic N) is 1. The number of anilines is 1. The van der Waals surface area contributed by atoms with Gasteiger partial charge in [0.15, 0.2) is 17.5 Å². The average molecular weight is 619 g/mol. The second kappa shape index (κ2) is 14.0. The van der Waals surface area contributed by atoms with E-state index in [9.17, 15) is 39.3 Å². The lowest BCUT2D eigenvalue weighted by Crippen LogP contribution is -2.36. The second-order valence-electron chi connectivity index (χ2n) is 10.1. The number of nitrogens with two attached hydrogens (primary N) is 1. The van der Waals surface area contributed by atoms with Crippen LogP contribution in [0, 0.1) is 5.41 Å². The summed E-state index contributed by atoms with van der Waals surface area (Å²) in [7, 11) is 0. The van der Waals surface area contributed by atoms with Crippen molar-refractivity contribution < 1.29 is 48.8 Å². The monoisotopic (exact) mass is 618 g/mol. The van der Waals surface area contributed by atoms with Crippen LogP contribution < -0.4 is 20.5 Å². The number of amides is 1. The number of hydrogen-bond donors (Lipinski definition) is 6. The Balaban J connectivity index is 1.78. The molecule has 0 atom stereocenters.